The molecule has 1 N–H and O–H groups in total. The van der Waals surface area contributed by atoms with Crippen molar-refractivity contribution in [3.8, 4) is 6.07 Å². The fourth-order valence-electron chi connectivity index (χ4n) is 2.75. The minimum Gasteiger partial charge on any atom is -0.357 e. The van der Waals surface area contributed by atoms with Crippen molar-refractivity contribution in [1.82, 2.24) is 20.1 Å². The van der Waals surface area contributed by atoms with Crippen molar-refractivity contribution in [3.05, 3.63) is 57.8 Å². The van der Waals surface area contributed by atoms with Crippen molar-refractivity contribution in [1.29, 1.82) is 5.26 Å². The SMILES string of the molecule is Cc1c(Br)cnc2cn(CC(C)(C#N)NC(=S)c3ccc(C(F)(F)F)cc3)nc12. The third-order valence-corrected chi connectivity index (χ3v) is 5.50. The third kappa shape index (κ3) is 4.57. The van der Waals surface area contributed by atoms with Gasteiger partial charge in [-0.05, 0) is 47.5 Å². The molecule has 0 fully saturated rings. The number of nitrogens with one attached hydrogen (secondary N) is 1. The van der Waals surface area contributed by atoms with Gasteiger partial charge in [0.1, 0.15) is 21.6 Å². The van der Waals surface area contributed by atoms with Crippen molar-refractivity contribution in [2.45, 2.75) is 32.1 Å². The molecule has 3 rings (SSSR count). The second-order valence-electron chi connectivity index (χ2n) is 6.76. The van der Waals surface area contributed by atoms with Crippen LogP contribution in [-0.4, -0.2) is 25.3 Å². The lowest BCUT2D eigenvalue weighted by Gasteiger charge is -2.25. The summed E-state index contributed by atoms with van der Waals surface area (Å²) in [5.41, 5.74) is 0.834. The maximum Gasteiger partial charge on any atom is 0.416 e. The van der Waals surface area contributed by atoms with Crippen molar-refractivity contribution in [2.75, 3.05) is 0 Å². The van der Waals surface area contributed by atoms with Crippen LogP contribution >= 0.6 is 28.1 Å². The van der Waals surface area contributed by atoms with E-state index in [9.17, 15) is 18.4 Å². The largest absolute Gasteiger partial charge is 0.416 e. The van der Waals surface area contributed by atoms with Crippen molar-refractivity contribution in [3.63, 3.8) is 0 Å². The molecule has 0 spiro atoms. The van der Waals surface area contributed by atoms with Crippen LogP contribution in [0.4, 0.5) is 13.2 Å². The lowest BCUT2D eigenvalue weighted by Crippen LogP contribution is -2.47. The Morgan fingerprint density at radius 2 is 1.97 bits per heavy atom. The van der Waals surface area contributed by atoms with Crippen LogP contribution in [-0.2, 0) is 12.7 Å². The van der Waals surface area contributed by atoms with Gasteiger partial charge in [0.25, 0.3) is 0 Å². The third-order valence-electron chi connectivity index (χ3n) is 4.36. The molecule has 0 aliphatic rings. The molecule has 0 saturated heterocycles. The van der Waals surface area contributed by atoms with E-state index in [-0.39, 0.29) is 11.5 Å². The lowest BCUT2D eigenvalue weighted by molar-refractivity contribution is -0.137. The smallest absolute Gasteiger partial charge is 0.357 e. The van der Waals surface area contributed by atoms with E-state index >= 15 is 0 Å². The highest BCUT2D eigenvalue weighted by Crippen LogP contribution is 2.29. The lowest BCUT2D eigenvalue weighted by atomic mass is 10.0. The number of alkyl halides is 3. The molecule has 0 aliphatic heterocycles. The topological polar surface area (TPSA) is 66.5 Å². The maximum atomic E-state index is 12.7. The molecule has 1 atom stereocenters. The quantitative estimate of drug-likeness (QED) is 0.543. The zero-order valence-electron chi connectivity index (χ0n) is 15.4. The molecule has 0 saturated carbocycles. The zero-order chi connectivity index (χ0) is 21.4. The number of nitrogens with zero attached hydrogens (tertiary/aromatic N) is 4. The fraction of sp³-hybridized carbons (Fsp3) is 0.263. The van der Waals surface area contributed by atoms with E-state index < -0.39 is 17.3 Å². The number of pyridine rings is 1. The highest BCUT2D eigenvalue weighted by atomic mass is 79.9. The maximum absolute atomic E-state index is 12.7. The summed E-state index contributed by atoms with van der Waals surface area (Å²) in [7, 11) is 0. The predicted octanol–water partition coefficient (Wildman–Crippen LogP) is 4.77. The molecular formula is C19H15BrF3N5S. The summed E-state index contributed by atoms with van der Waals surface area (Å²) >= 11 is 8.71. The molecule has 150 valence electrons. The molecule has 5 nitrogen and oxygen atoms in total. The van der Waals surface area contributed by atoms with Gasteiger partial charge in [0.05, 0.1) is 24.4 Å². The van der Waals surface area contributed by atoms with Gasteiger partial charge in [-0.15, -0.1) is 0 Å². The average Bonchev–Trinajstić information content (AvgIpc) is 3.07. The van der Waals surface area contributed by atoms with E-state index in [1.54, 1.807) is 24.0 Å². The van der Waals surface area contributed by atoms with Gasteiger partial charge in [-0.3, -0.25) is 9.67 Å². The Hall–Kier alpha value is -2.51. The van der Waals surface area contributed by atoms with Gasteiger partial charge in [0.15, 0.2) is 0 Å². The van der Waals surface area contributed by atoms with E-state index in [0.29, 0.717) is 16.6 Å². The number of rotatable bonds is 4. The molecule has 0 radical (unpaired) electrons. The number of hydrogen-bond donors (Lipinski definition) is 1. The van der Waals surface area contributed by atoms with Crippen molar-refractivity contribution < 1.29 is 13.2 Å². The second kappa shape index (κ2) is 7.72. The first-order valence-corrected chi connectivity index (χ1v) is 9.62. The summed E-state index contributed by atoms with van der Waals surface area (Å²) in [6.45, 7) is 3.72. The molecule has 1 unspecified atom stereocenters. The molecule has 2 heterocycles. The summed E-state index contributed by atoms with van der Waals surface area (Å²) < 4.78 is 40.6. The molecule has 10 heteroatoms. The van der Waals surface area contributed by atoms with Crippen LogP contribution < -0.4 is 5.32 Å². The summed E-state index contributed by atoms with van der Waals surface area (Å²) in [6.07, 6.45) is -1.00. The van der Waals surface area contributed by atoms with Gasteiger partial charge in [-0.25, -0.2) is 0 Å². The molecule has 0 bridgehead atoms. The molecule has 29 heavy (non-hydrogen) atoms. The van der Waals surface area contributed by atoms with E-state index in [1.807, 2.05) is 6.92 Å². The van der Waals surface area contributed by atoms with Crippen LogP contribution in [0.5, 0.6) is 0 Å². The predicted molar refractivity (Wildman–Crippen MR) is 110 cm³/mol. The Balaban J connectivity index is 1.80. The van der Waals surface area contributed by atoms with Gasteiger partial charge < -0.3 is 5.32 Å². The van der Waals surface area contributed by atoms with Gasteiger partial charge in [0.2, 0.25) is 0 Å². The Morgan fingerprint density at radius 1 is 1.31 bits per heavy atom. The number of thiocarbonyl (C=S) groups is 1. The Kier molecular flexibility index (Phi) is 5.65. The first kappa shape index (κ1) is 21.2. The normalized spacial score (nSPS) is 13.7. The molecule has 2 aromatic heterocycles. The van der Waals surface area contributed by atoms with E-state index in [1.165, 1.54) is 12.1 Å². The second-order valence-corrected chi connectivity index (χ2v) is 8.03. The number of halogens is 4. The standard InChI is InChI=1S/C19H15BrF3N5S/c1-11-14(20)7-25-15-8-28(27-16(11)15)10-18(2,9-24)26-17(29)12-3-5-13(6-4-12)19(21,22)23/h3-8H,10H2,1-2H3,(H,26,29). The molecular weight excluding hydrogens is 467 g/mol. The van der Waals surface area contributed by atoms with E-state index in [2.05, 4.69) is 37.4 Å². The van der Waals surface area contributed by atoms with Gasteiger partial charge >= 0.3 is 6.18 Å². The summed E-state index contributed by atoms with van der Waals surface area (Å²) in [5, 5.41) is 17.1. The first-order chi connectivity index (χ1) is 13.5. The highest BCUT2D eigenvalue weighted by molar-refractivity contribution is 9.10. The van der Waals surface area contributed by atoms with Crippen LogP contribution in [0, 0.1) is 18.3 Å². The molecule has 0 amide bonds. The average molecular weight is 482 g/mol. The van der Waals surface area contributed by atoms with E-state index in [0.717, 1.165) is 22.2 Å². The van der Waals surface area contributed by atoms with E-state index in [4.69, 9.17) is 12.2 Å². The molecule has 3 aromatic rings. The molecule has 1 aromatic carbocycles. The number of nitriles is 1. The summed E-state index contributed by atoms with van der Waals surface area (Å²) in [4.78, 5) is 4.48. The van der Waals surface area contributed by atoms with Gasteiger partial charge in [0, 0.05) is 16.2 Å². The zero-order valence-corrected chi connectivity index (χ0v) is 17.8. The van der Waals surface area contributed by atoms with Gasteiger partial charge in [-0.2, -0.15) is 23.5 Å². The Labute approximate surface area is 178 Å². The summed E-state index contributed by atoms with van der Waals surface area (Å²) in [5.74, 6) is 0. The number of aryl methyl sites for hydroxylation is 1. The van der Waals surface area contributed by atoms with Crippen molar-refractivity contribution >= 4 is 44.2 Å². The number of benzene rings is 1. The molecule has 0 aliphatic carbocycles. The minimum atomic E-state index is -4.42. The van der Waals surface area contributed by atoms with Crippen LogP contribution in [0.25, 0.3) is 11.0 Å². The highest BCUT2D eigenvalue weighted by Gasteiger charge is 2.31. The Morgan fingerprint density at radius 3 is 2.55 bits per heavy atom. The Bertz CT molecular complexity index is 1120. The number of hydrogen-bond acceptors (Lipinski definition) is 4. The minimum absolute atomic E-state index is 0.164. The van der Waals surface area contributed by atoms with Crippen molar-refractivity contribution in [2.24, 2.45) is 0 Å². The first-order valence-electron chi connectivity index (χ1n) is 8.42. The fourth-order valence-corrected chi connectivity index (χ4v) is 3.40. The summed E-state index contributed by atoms with van der Waals surface area (Å²) in [6, 6.07) is 6.64. The number of fused-ring (bicyclic) bond motifs is 1. The number of aromatic nitrogens is 3. The monoisotopic (exact) mass is 481 g/mol. The van der Waals surface area contributed by atoms with Gasteiger partial charge in [-0.1, -0.05) is 24.4 Å². The van der Waals surface area contributed by atoms with Crippen LogP contribution in [0.3, 0.4) is 0 Å². The van der Waals surface area contributed by atoms with Crippen LogP contribution in [0.1, 0.15) is 23.6 Å². The van der Waals surface area contributed by atoms with Crippen LogP contribution in [0.2, 0.25) is 0 Å². The van der Waals surface area contributed by atoms with Crippen LogP contribution in [0.15, 0.2) is 41.1 Å².